The van der Waals surface area contributed by atoms with Crippen LogP contribution in [-0.2, 0) is 10.4 Å². The summed E-state index contributed by atoms with van der Waals surface area (Å²) in [6.07, 6.45) is 0. The Morgan fingerprint density at radius 3 is 1.93 bits per heavy atom. The summed E-state index contributed by atoms with van der Waals surface area (Å²) in [5, 5.41) is 0.131. The first-order chi connectivity index (χ1) is 6.29. The SMILES string of the molecule is O=S(=O)(O)Oc1cc(Cl)c(Cl)c(Cl)c1. The number of benzene rings is 1. The first kappa shape index (κ1) is 11.9. The van der Waals surface area contributed by atoms with Crippen LogP contribution in [0, 0.1) is 0 Å². The quantitative estimate of drug-likeness (QED) is 0.667. The molecule has 14 heavy (non-hydrogen) atoms. The van der Waals surface area contributed by atoms with Crippen LogP contribution in [0.4, 0.5) is 0 Å². The van der Waals surface area contributed by atoms with Crippen LogP contribution in [0.1, 0.15) is 0 Å². The normalized spacial score (nSPS) is 11.4. The Morgan fingerprint density at radius 2 is 1.57 bits per heavy atom. The molecule has 0 fully saturated rings. The van der Waals surface area contributed by atoms with E-state index in [0.717, 1.165) is 12.1 Å². The lowest BCUT2D eigenvalue weighted by molar-refractivity contribution is 0.387. The fourth-order valence-corrected chi connectivity index (χ4v) is 1.62. The van der Waals surface area contributed by atoms with Gasteiger partial charge in [-0.25, -0.2) is 0 Å². The van der Waals surface area contributed by atoms with Crippen LogP contribution in [-0.4, -0.2) is 13.0 Å². The van der Waals surface area contributed by atoms with Crippen molar-refractivity contribution in [3.05, 3.63) is 27.2 Å². The van der Waals surface area contributed by atoms with Gasteiger partial charge in [0.05, 0.1) is 15.1 Å². The van der Waals surface area contributed by atoms with Crippen molar-refractivity contribution < 1.29 is 17.2 Å². The Hall–Kier alpha value is -0.200. The monoisotopic (exact) mass is 276 g/mol. The van der Waals surface area contributed by atoms with E-state index in [1.807, 2.05) is 0 Å². The Bertz CT molecular complexity index is 433. The van der Waals surface area contributed by atoms with Crippen LogP contribution >= 0.6 is 34.8 Å². The van der Waals surface area contributed by atoms with Gasteiger partial charge in [0, 0.05) is 12.1 Å². The smallest absolute Gasteiger partial charge is 0.362 e. The van der Waals surface area contributed by atoms with Gasteiger partial charge in [-0.3, -0.25) is 4.55 Å². The average Bonchev–Trinajstić information content (AvgIpc) is 1.96. The maximum Gasteiger partial charge on any atom is 0.446 e. The molecule has 4 nitrogen and oxygen atoms in total. The minimum atomic E-state index is -4.58. The number of rotatable bonds is 2. The van der Waals surface area contributed by atoms with Crippen LogP contribution in [0.15, 0.2) is 12.1 Å². The Labute approximate surface area is 95.3 Å². The van der Waals surface area contributed by atoms with E-state index in [1.165, 1.54) is 0 Å². The van der Waals surface area contributed by atoms with Crippen LogP contribution in [0.5, 0.6) is 5.75 Å². The van der Waals surface area contributed by atoms with Crippen LogP contribution in [0.2, 0.25) is 15.1 Å². The lowest BCUT2D eigenvalue weighted by Gasteiger charge is -2.04. The van der Waals surface area contributed by atoms with Gasteiger partial charge in [-0.15, -0.1) is 0 Å². The molecular weight excluding hydrogens is 274 g/mol. The summed E-state index contributed by atoms with van der Waals surface area (Å²) in [6.45, 7) is 0. The van der Waals surface area contributed by atoms with Crippen molar-refractivity contribution in [2.24, 2.45) is 0 Å². The van der Waals surface area contributed by atoms with Gasteiger partial charge in [-0.1, -0.05) is 34.8 Å². The maximum atomic E-state index is 10.3. The first-order valence-electron chi connectivity index (χ1n) is 3.11. The molecule has 0 unspecified atom stereocenters. The predicted octanol–water partition coefficient (Wildman–Crippen LogP) is 2.83. The molecule has 0 radical (unpaired) electrons. The molecule has 0 aromatic heterocycles. The molecule has 8 heteroatoms. The fourth-order valence-electron chi connectivity index (χ4n) is 0.702. The van der Waals surface area contributed by atoms with E-state index in [1.54, 1.807) is 0 Å². The zero-order chi connectivity index (χ0) is 10.9. The third-order valence-electron chi connectivity index (χ3n) is 1.16. The number of hydrogen-bond acceptors (Lipinski definition) is 3. The molecule has 0 saturated carbocycles. The molecule has 1 aromatic rings. The molecule has 78 valence electrons. The summed E-state index contributed by atoms with van der Waals surface area (Å²) in [6, 6.07) is 2.23. The fraction of sp³-hybridized carbons (Fsp3) is 0. The van der Waals surface area contributed by atoms with E-state index >= 15 is 0 Å². The molecule has 0 atom stereocenters. The van der Waals surface area contributed by atoms with Crippen molar-refractivity contribution in [3.63, 3.8) is 0 Å². The molecule has 0 aliphatic carbocycles. The van der Waals surface area contributed by atoms with Gasteiger partial charge in [0.15, 0.2) is 0 Å². The second kappa shape index (κ2) is 4.12. The summed E-state index contributed by atoms with van der Waals surface area (Å²) in [5.74, 6) is -0.216. The van der Waals surface area contributed by atoms with E-state index in [9.17, 15) is 8.42 Å². The molecular formula is C6H3Cl3O4S. The van der Waals surface area contributed by atoms with E-state index in [-0.39, 0.29) is 20.8 Å². The second-order valence-corrected chi connectivity index (χ2v) is 4.43. The standard InChI is InChI=1S/C6H3Cl3O4S/c7-4-1-3(13-14(10,11)12)2-5(8)6(4)9/h1-2H,(H,10,11,12). The van der Waals surface area contributed by atoms with Crippen LogP contribution in [0.3, 0.4) is 0 Å². The van der Waals surface area contributed by atoms with Crippen molar-refractivity contribution in [1.82, 2.24) is 0 Å². The molecule has 0 bridgehead atoms. The topological polar surface area (TPSA) is 63.6 Å². The molecule has 0 heterocycles. The molecule has 0 spiro atoms. The molecule has 1 N–H and O–H groups in total. The average molecular weight is 278 g/mol. The molecule has 0 aliphatic heterocycles. The van der Waals surface area contributed by atoms with Gasteiger partial charge in [0.2, 0.25) is 0 Å². The van der Waals surface area contributed by atoms with Crippen LogP contribution in [0.25, 0.3) is 0 Å². The minimum Gasteiger partial charge on any atom is -0.362 e. The van der Waals surface area contributed by atoms with Gasteiger partial charge >= 0.3 is 10.4 Å². The molecule has 0 saturated heterocycles. The summed E-state index contributed by atoms with van der Waals surface area (Å²) >= 11 is 16.7. The largest absolute Gasteiger partial charge is 0.446 e. The lowest BCUT2D eigenvalue weighted by atomic mass is 10.3. The second-order valence-electron chi connectivity index (χ2n) is 2.21. The van der Waals surface area contributed by atoms with Crippen molar-refractivity contribution >= 4 is 45.2 Å². The predicted molar refractivity (Wildman–Crippen MR) is 53.6 cm³/mol. The Balaban J connectivity index is 3.14. The third kappa shape index (κ3) is 3.18. The first-order valence-corrected chi connectivity index (χ1v) is 5.61. The van der Waals surface area contributed by atoms with E-state index in [0.29, 0.717) is 0 Å². The third-order valence-corrected chi connectivity index (χ3v) is 2.76. The van der Waals surface area contributed by atoms with Gasteiger partial charge in [-0.05, 0) is 0 Å². The highest BCUT2D eigenvalue weighted by atomic mass is 35.5. The van der Waals surface area contributed by atoms with Gasteiger partial charge < -0.3 is 4.18 Å². The molecule has 1 aromatic carbocycles. The van der Waals surface area contributed by atoms with Crippen molar-refractivity contribution in [2.75, 3.05) is 0 Å². The van der Waals surface area contributed by atoms with Crippen molar-refractivity contribution in [3.8, 4) is 5.75 Å². The zero-order valence-corrected chi connectivity index (χ0v) is 9.45. The highest BCUT2D eigenvalue weighted by molar-refractivity contribution is 7.81. The summed E-state index contributed by atoms with van der Waals surface area (Å²) in [7, 11) is -4.58. The van der Waals surface area contributed by atoms with Crippen LogP contribution < -0.4 is 4.18 Å². The van der Waals surface area contributed by atoms with E-state index in [2.05, 4.69) is 4.18 Å². The maximum absolute atomic E-state index is 10.3. The number of halogens is 3. The van der Waals surface area contributed by atoms with Gasteiger partial charge in [0.25, 0.3) is 0 Å². The molecule has 1 rings (SSSR count). The number of hydrogen-bond donors (Lipinski definition) is 1. The minimum absolute atomic E-state index is 0.0258. The molecule has 0 amide bonds. The van der Waals surface area contributed by atoms with Gasteiger partial charge in [-0.2, -0.15) is 8.42 Å². The lowest BCUT2D eigenvalue weighted by Crippen LogP contribution is -2.06. The van der Waals surface area contributed by atoms with E-state index in [4.69, 9.17) is 39.4 Å². The molecule has 0 aliphatic rings. The highest BCUT2D eigenvalue weighted by Gasteiger charge is 2.11. The van der Waals surface area contributed by atoms with E-state index < -0.39 is 10.4 Å². The highest BCUT2D eigenvalue weighted by Crippen LogP contribution is 2.34. The summed E-state index contributed by atoms with van der Waals surface area (Å²) in [5.41, 5.74) is 0. The Morgan fingerprint density at radius 1 is 1.14 bits per heavy atom. The van der Waals surface area contributed by atoms with Crippen molar-refractivity contribution in [1.29, 1.82) is 0 Å². The zero-order valence-electron chi connectivity index (χ0n) is 6.37. The summed E-state index contributed by atoms with van der Waals surface area (Å²) < 4.78 is 33.1. The van der Waals surface area contributed by atoms with Crippen molar-refractivity contribution in [2.45, 2.75) is 0 Å². The summed E-state index contributed by atoms with van der Waals surface area (Å²) in [4.78, 5) is 0. The Kier molecular flexibility index (Phi) is 3.49. The van der Waals surface area contributed by atoms with Gasteiger partial charge in [0.1, 0.15) is 5.75 Å².